The van der Waals surface area contributed by atoms with Gasteiger partial charge in [-0.25, -0.2) is 8.78 Å². The van der Waals surface area contributed by atoms with Gasteiger partial charge in [0.25, 0.3) is 0 Å². The van der Waals surface area contributed by atoms with Gasteiger partial charge in [-0.3, -0.25) is 0 Å². The minimum absolute atomic E-state index is 0.0914. The third kappa shape index (κ3) is 2.13. The molecule has 3 heteroatoms. The first-order valence-electron chi connectivity index (χ1n) is 7.33. The van der Waals surface area contributed by atoms with E-state index in [0.29, 0.717) is 17.8 Å². The fraction of sp³-hybridized carbons (Fsp3) is 0.333. The van der Waals surface area contributed by atoms with Crippen molar-refractivity contribution in [1.29, 1.82) is 0 Å². The Bertz CT molecular complexity index is 697. The summed E-state index contributed by atoms with van der Waals surface area (Å²) in [7, 11) is 0. The number of rotatable bonds is 2. The minimum Gasteiger partial charge on any atom is -0.204 e. The normalized spacial score (nSPS) is 27.7. The van der Waals surface area contributed by atoms with Gasteiger partial charge in [0.05, 0.1) is 0 Å². The quantitative estimate of drug-likeness (QED) is 0.639. The Morgan fingerprint density at radius 3 is 2.67 bits per heavy atom. The van der Waals surface area contributed by atoms with Crippen LogP contribution >= 0.6 is 15.9 Å². The Balaban J connectivity index is 1.63. The van der Waals surface area contributed by atoms with Gasteiger partial charge in [0.2, 0.25) is 0 Å². The minimum atomic E-state index is -0.781. The van der Waals surface area contributed by atoms with E-state index in [1.165, 1.54) is 29.7 Å². The third-order valence-corrected chi connectivity index (χ3v) is 6.13. The van der Waals surface area contributed by atoms with E-state index in [1.54, 1.807) is 6.07 Å². The highest BCUT2D eigenvalue weighted by atomic mass is 79.9. The molecule has 1 fully saturated rings. The van der Waals surface area contributed by atoms with E-state index >= 15 is 0 Å². The molecule has 0 radical (unpaired) electrons. The maximum Gasteiger partial charge on any atom is 0.159 e. The molecular formula is C18H15BrF2. The molecule has 1 saturated carbocycles. The van der Waals surface area contributed by atoms with Gasteiger partial charge in [0, 0.05) is 4.83 Å². The van der Waals surface area contributed by atoms with Crippen LogP contribution in [0.25, 0.3) is 0 Å². The standard InChI is InChI=1S/C18H15BrF2/c19-18(11-6-8-14(20)15(21)9-11)17-13-7-5-10-3-1-2-4-12(10)16(13)17/h1-4,6,8-9,13,16-18H,5,7H2. The second kappa shape index (κ2) is 4.91. The highest BCUT2D eigenvalue weighted by molar-refractivity contribution is 9.09. The van der Waals surface area contributed by atoms with Crippen LogP contribution in [0.1, 0.15) is 33.9 Å². The lowest BCUT2D eigenvalue weighted by Crippen LogP contribution is -2.00. The predicted molar refractivity (Wildman–Crippen MR) is 82.5 cm³/mol. The Labute approximate surface area is 131 Å². The summed E-state index contributed by atoms with van der Waals surface area (Å²) in [5.74, 6) is 0.168. The molecule has 0 saturated heterocycles. The zero-order valence-electron chi connectivity index (χ0n) is 11.4. The zero-order chi connectivity index (χ0) is 14.6. The number of benzene rings is 2. The van der Waals surface area contributed by atoms with E-state index in [9.17, 15) is 8.78 Å². The largest absolute Gasteiger partial charge is 0.204 e. The lowest BCUT2D eigenvalue weighted by atomic mass is 9.92. The van der Waals surface area contributed by atoms with Crippen molar-refractivity contribution in [2.75, 3.05) is 0 Å². The summed E-state index contributed by atoms with van der Waals surface area (Å²) in [6.07, 6.45) is 2.32. The van der Waals surface area contributed by atoms with Crippen molar-refractivity contribution in [2.45, 2.75) is 23.6 Å². The molecule has 2 aromatic carbocycles. The van der Waals surface area contributed by atoms with Crippen LogP contribution in [0.3, 0.4) is 0 Å². The summed E-state index contributed by atoms with van der Waals surface area (Å²) in [5, 5.41) is 0. The first-order chi connectivity index (χ1) is 10.2. The average molecular weight is 349 g/mol. The number of aryl methyl sites for hydroxylation is 1. The molecule has 4 unspecified atom stereocenters. The summed E-state index contributed by atoms with van der Waals surface area (Å²) < 4.78 is 26.5. The SMILES string of the molecule is Fc1ccc(C(Br)C2C3CCc4ccccc4C32)cc1F. The Hall–Kier alpha value is -1.22. The molecule has 108 valence electrons. The first kappa shape index (κ1) is 13.4. The number of hydrogen-bond acceptors (Lipinski definition) is 0. The molecule has 2 aliphatic rings. The van der Waals surface area contributed by atoms with Gasteiger partial charge in [0.15, 0.2) is 11.6 Å². The summed E-state index contributed by atoms with van der Waals surface area (Å²) in [6.45, 7) is 0. The van der Waals surface area contributed by atoms with Crippen LogP contribution in [0.5, 0.6) is 0 Å². The van der Waals surface area contributed by atoms with Gasteiger partial charge in [-0.2, -0.15) is 0 Å². The maximum atomic E-state index is 13.4. The average Bonchev–Trinajstić information content (AvgIpc) is 3.24. The first-order valence-corrected chi connectivity index (χ1v) is 8.25. The van der Waals surface area contributed by atoms with Crippen LogP contribution in [0.4, 0.5) is 8.78 Å². The number of fused-ring (bicyclic) bond motifs is 3. The summed E-state index contributed by atoms with van der Waals surface area (Å²) >= 11 is 3.72. The van der Waals surface area contributed by atoms with Crippen molar-refractivity contribution in [2.24, 2.45) is 11.8 Å². The van der Waals surface area contributed by atoms with E-state index in [4.69, 9.17) is 0 Å². The lowest BCUT2D eigenvalue weighted by molar-refractivity contribution is 0.506. The monoisotopic (exact) mass is 348 g/mol. The van der Waals surface area contributed by atoms with Crippen molar-refractivity contribution in [3.8, 4) is 0 Å². The fourth-order valence-corrected chi connectivity index (χ4v) is 4.93. The zero-order valence-corrected chi connectivity index (χ0v) is 13.0. The molecule has 2 aliphatic carbocycles. The molecule has 0 nitrogen and oxygen atoms in total. The number of hydrogen-bond donors (Lipinski definition) is 0. The smallest absolute Gasteiger partial charge is 0.159 e. The van der Waals surface area contributed by atoms with Crippen LogP contribution in [0.2, 0.25) is 0 Å². The molecule has 0 amide bonds. The van der Waals surface area contributed by atoms with Gasteiger partial charge in [-0.05, 0) is 59.4 Å². The Morgan fingerprint density at radius 2 is 1.86 bits per heavy atom. The molecule has 21 heavy (non-hydrogen) atoms. The van der Waals surface area contributed by atoms with Crippen LogP contribution in [-0.4, -0.2) is 0 Å². The molecule has 0 N–H and O–H groups in total. The van der Waals surface area contributed by atoms with Gasteiger partial charge in [-0.15, -0.1) is 0 Å². The molecule has 2 aromatic rings. The lowest BCUT2D eigenvalue weighted by Gasteiger charge is -2.13. The van der Waals surface area contributed by atoms with Crippen molar-refractivity contribution >= 4 is 15.9 Å². The summed E-state index contributed by atoms with van der Waals surface area (Å²) in [5.41, 5.74) is 3.74. The van der Waals surface area contributed by atoms with Crippen molar-refractivity contribution in [3.05, 3.63) is 70.8 Å². The van der Waals surface area contributed by atoms with Crippen LogP contribution in [0.15, 0.2) is 42.5 Å². The van der Waals surface area contributed by atoms with Gasteiger partial charge >= 0.3 is 0 Å². The molecule has 4 rings (SSSR count). The Kier molecular flexibility index (Phi) is 3.14. The van der Waals surface area contributed by atoms with Crippen molar-refractivity contribution in [1.82, 2.24) is 0 Å². The highest BCUT2D eigenvalue weighted by Crippen LogP contribution is 2.66. The summed E-state index contributed by atoms with van der Waals surface area (Å²) in [6, 6.07) is 12.9. The van der Waals surface area contributed by atoms with E-state index in [2.05, 4.69) is 40.2 Å². The van der Waals surface area contributed by atoms with Gasteiger partial charge in [-0.1, -0.05) is 46.3 Å². The molecule has 4 atom stereocenters. The molecule has 0 aromatic heterocycles. The second-order valence-corrected chi connectivity index (χ2v) is 7.07. The van der Waals surface area contributed by atoms with Gasteiger partial charge < -0.3 is 0 Å². The van der Waals surface area contributed by atoms with E-state index < -0.39 is 11.6 Å². The fourth-order valence-electron chi connectivity index (χ4n) is 3.92. The highest BCUT2D eigenvalue weighted by Gasteiger charge is 2.55. The molecule has 0 spiro atoms. The molecule has 0 bridgehead atoms. The maximum absolute atomic E-state index is 13.4. The topological polar surface area (TPSA) is 0 Å². The van der Waals surface area contributed by atoms with Crippen molar-refractivity contribution < 1.29 is 8.78 Å². The molecule has 0 aliphatic heterocycles. The van der Waals surface area contributed by atoms with Gasteiger partial charge in [0.1, 0.15) is 0 Å². The van der Waals surface area contributed by atoms with E-state index in [0.717, 1.165) is 12.0 Å². The van der Waals surface area contributed by atoms with Crippen LogP contribution in [0, 0.1) is 23.5 Å². The number of alkyl halides is 1. The summed E-state index contributed by atoms with van der Waals surface area (Å²) in [4.78, 5) is 0.0914. The van der Waals surface area contributed by atoms with E-state index in [-0.39, 0.29) is 4.83 Å². The van der Waals surface area contributed by atoms with Crippen LogP contribution < -0.4 is 0 Å². The second-order valence-electron chi connectivity index (χ2n) is 6.08. The van der Waals surface area contributed by atoms with E-state index in [1.807, 2.05) is 0 Å². The number of halogens is 3. The molecular weight excluding hydrogens is 334 g/mol. The molecule has 0 heterocycles. The Morgan fingerprint density at radius 1 is 1.05 bits per heavy atom. The predicted octanol–water partition coefficient (Wildman–Crippen LogP) is 5.38. The van der Waals surface area contributed by atoms with Crippen molar-refractivity contribution in [3.63, 3.8) is 0 Å². The van der Waals surface area contributed by atoms with Crippen LogP contribution in [-0.2, 0) is 6.42 Å². The third-order valence-electron chi connectivity index (χ3n) is 4.99.